The summed E-state index contributed by atoms with van der Waals surface area (Å²) in [6.07, 6.45) is 1.44. The van der Waals surface area contributed by atoms with Crippen molar-refractivity contribution >= 4 is 11.4 Å². The quantitative estimate of drug-likeness (QED) is 0.761. The number of ether oxygens (including phenoxy) is 1. The van der Waals surface area contributed by atoms with Crippen LogP contribution in [0.4, 0.5) is 15.8 Å². The monoisotopic (exact) mass is 232 g/mol. The van der Waals surface area contributed by atoms with E-state index in [1.807, 2.05) is 36.2 Å². The zero-order chi connectivity index (χ0) is 12.3. The molecule has 0 spiro atoms. The number of benzene rings is 1. The Morgan fingerprint density at radius 2 is 2.00 bits per heavy atom. The van der Waals surface area contributed by atoms with Crippen molar-refractivity contribution in [3.63, 3.8) is 0 Å². The van der Waals surface area contributed by atoms with E-state index < -0.39 is 5.95 Å². The first-order valence-electron chi connectivity index (χ1n) is 5.20. The van der Waals surface area contributed by atoms with Gasteiger partial charge in [0, 0.05) is 25.0 Å². The van der Waals surface area contributed by atoms with Gasteiger partial charge >= 0.3 is 0 Å². The van der Waals surface area contributed by atoms with E-state index in [2.05, 4.69) is 4.98 Å². The molecule has 0 aliphatic heterocycles. The van der Waals surface area contributed by atoms with Gasteiger partial charge in [0.1, 0.15) is 5.75 Å². The Kier molecular flexibility index (Phi) is 3.23. The molecule has 88 valence electrons. The third-order valence-electron chi connectivity index (χ3n) is 2.54. The molecule has 0 fully saturated rings. The van der Waals surface area contributed by atoms with Gasteiger partial charge in [-0.25, -0.2) is 4.98 Å². The van der Waals surface area contributed by atoms with Gasteiger partial charge in [0.05, 0.1) is 12.8 Å². The van der Waals surface area contributed by atoms with Crippen molar-refractivity contribution in [2.45, 2.75) is 0 Å². The van der Waals surface area contributed by atoms with Gasteiger partial charge in [0.15, 0.2) is 0 Å². The number of anilines is 2. The van der Waals surface area contributed by atoms with Crippen molar-refractivity contribution in [2.75, 3.05) is 19.1 Å². The van der Waals surface area contributed by atoms with Crippen LogP contribution in [-0.4, -0.2) is 19.1 Å². The number of nitrogens with zero attached hydrogens (tertiary/aromatic N) is 2. The van der Waals surface area contributed by atoms with Gasteiger partial charge in [-0.15, -0.1) is 0 Å². The van der Waals surface area contributed by atoms with Crippen LogP contribution in [0.5, 0.6) is 5.75 Å². The summed E-state index contributed by atoms with van der Waals surface area (Å²) in [5, 5.41) is 0. The fraction of sp³-hybridized carbons (Fsp3) is 0.154. The molecule has 3 nitrogen and oxygen atoms in total. The molecule has 0 unspecified atom stereocenters. The first-order chi connectivity index (χ1) is 8.22. The smallest absolute Gasteiger partial charge is 0.214 e. The molecule has 17 heavy (non-hydrogen) atoms. The molecular weight excluding hydrogens is 219 g/mol. The van der Waals surface area contributed by atoms with Crippen LogP contribution in [0.15, 0.2) is 42.6 Å². The van der Waals surface area contributed by atoms with E-state index in [4.69, 9.17) is 4.74 Å². The lowest BCUT2D eigenvalue weighted by molar-refractivity contribution is 0.415. The lowest BCUT2D eigenvalue weighted by Crippen LogP contribution is -2.11. The number of methoxy groups -OCH3 is 1. The second-order valence-corrected chi connectivity index (χ2v) is 3.57. The second kappa shape index (κ2) is 4.82. The van der Waals surface area contributed by atoms with Gasteiger partial charge in [-0.3, -0.25) is 0 Å². The van der Waals surface area contributed by atoms with Gasteiger partial charge in [-0.1, -0.05) is 12.1 Å². The van der Waals surface area contributed by atoms with Crippen molar-refractivity contribution in [3.8, 4) is 5.75 Å². The molecule has 0 saturated carbocycles. The first-order valence-corrected chi connectivity index (χ1v) is 5.20. The summed E-state index contributed by atoms with van der Waals surface area (Å²) >= 11 is 0. The Morgan fingerprint density at radius 3 is 2.71 bits per heavy atom. The first kappa shape index (κ1) is 11.4. The Morgan fingerprint density at radius 1 is 1.24 bits per heavy atom. The highest BCUT2D eigenvalue weighted by Crippen LogP contribution is 2.31. The van der Waals surface area contributed by atoms with Crippen molar-refractivity contribution < 1.29 is 9.13 Å². The van der Waals surface area contributed by atoms with Crippen molar-refractivity contribution in [3.05, 3.63) is 48.5 Å². The predicted molar refractivity (Wildman–Crippen MR) is 65.3 cm³/mol. The van der Waals surface area contributed by atoms with E-state index in [0.717, 1.165) is 17.1 Å². The summed E-state index contributed by atoms with van der Waals surface area (Å²) in [5.74, 6) is 0.247. The largest absolute Gasteiger partial charge is 0.495 e. The number of para-hydroxylation sites is 2. The van der Waals surface area contributed by atoms with Crippen LogP contribution in [-0.2, 0) is 0 Å². The lowest BCUT2D eigenvalue weighted by atomic mass is 10.2. The molecule has 0 bridgehead atoms. The van der Waals surface area contributed by atoms with Crippen LogP contribution in [0.3, 0.4) is 0 Å². The highest BCUT2D eigenvalue weighted by molar-refractivity contribution is 5.68. The van der Waals surface area contributed by atoms with E-state index in [1.54, 1.807) is 13.2 Å². The summed E-state index contributed by atoms with van der Waals surface area (Å²) in [4.78, 5) is 5.38. The topological polar surface area (TPSA) is 25.4 Å². The minimum absolute atomic E-state index is 0.496. The molecule has 0 saturated heterocycles. The molecule has 4 heteroatoms. The SMILES string of the molecule is COc1ccccc1N(C)c1ccnc(F)c1. The normalized spacial score (nSPS) is 10.1. The average molecular weight is 232 g/mol. The summed E-state index contributed by atoms with van der Waals surface area (Å²) in [6, 6.07) is 10.7. The van der Waals surface area contributed by atoms with E-state index in [0.29, 0.717) is 0 Å². The number of pyridine rings is 1. The molecule has 0 N–H and O–H groups in total. The zero-order valence-corrected chi connectivity index (χ0v) is 9.72. The molecule has 1 aromatic heterocycles. The second-order valence-electron chi connectivity index (χ2n) is 3.57. The molecule has 0 aliphatic rings. The predicted octanol–water partition coefficient (Wildman–Crippen LogP) is 3.00. The summed E-state index contributed by atoms with van der Waals surface area (Å²) in [5.41, 5.74) is 1.60. The molecule has 2 rings (SSSR count). The van der Waals surface area contributed by atoms with Crippen LogP contribution in [0, 0.1) is 5.95 Å². The number of hydrogen-bond donors (Lipinski definition) is 0. The van der Waals surface area contributed by atoms with Crippen LogP contribution in [0.2, 0.25) is 0 Å². The van der Waals surface area contributed by atoms with Gasteiger partial charge < -0.3 is 9.64 Å². The van der Waals surface area contributed by atoms with Gasteiger partial charge in [-0.05, 0) is 18.2 Å². The summed E-state index contributed by atoms with van der Waals surface area (Å²) in [6.45, 7) is 0. The van der Waals surface area contributed by atoms with Crippen molar-refractivity contribution in [1.29, 1.82) is 0 Å². The van der Waals surface area contributed by atoms with Crippen LogP contribution in [0.25, 0.3) is 0 Å². The maximum absolute atomic E-state index is 13.1. The fourth-order valence-electron chi connectivity index (χ4n) is 1.65. The van der Waals surface area contributed by atoms with Gasteiger partial charge in [-0.2, -0.15) is 4.39 Å². The molecule has 0 radical (unpaired) electrons. The van der Waals surface area contributed by atoms with E-state index in [-0.39, 0.29) is 0 Å². The molecule has 2 aromatic rings. The third kappa shape index (κ3) is 2.36. The molecule has 0 aliphatic carbocycles. The number of aromatic nitrogens is 1. The zero-order valence-electron chi connectivity index (χ0n) is 9.72. The molecule has 1 aromatic carbocycles. The molecule has 1 heterocycles. The lowest BCUT2D eigenvalue weighted by Gasteiger charge is -2.21. The molecule has 0 atom stereocenters. The summed E-state index contributed by atoms with van der Waals surface area (Å²) < 4.78 is 18.3. The average Bonchev–Trinajstić information content (AvgIpc) is 2.38. The standard InChI is InChI=1S/C13H13FN2O/c1-16(10-7-8-15-13(14)9-10)11-5-3-4-6-12(11)17-2/h3-9H,1-2H3. The van der Waals surface area contributed by atoms with Crippen molar-refractivity contribution in [2.24, 2.45) is 0 Å². The maximum Gasteiger partial charge on any atom is 0.214 e. The fourth-order valence-corrected chi connectivity index (χ4v) is 1.65. The van der Waals surface area contributed by atoms with Crippen LogP contribution in [0.1, 0.15) is 0 Å². The maximum atomic E-state index is 13.1. The Balaban J connectivity index is 2.40. The Bertz CT molecular complexity index is 516. The number of rotatable bonds is 3. The number of halogens is 1. The van der Waals surface area contributed by atoms with E-state index in [1.165, 1.54) is 12.3 Å². The Hall–Kier alpha value is -2.10. The minimum atomic E-state index is -0.496. The highest BCUT2D eigenvalue weighted by atomic mass is 19.1. The minimum Gasteiger partial charge on any atom is -0.495 e. The highest BCUT2D eigenvalue weighted by Gasteiger charge is 2.09. The van der Waals surface area contributed by atoms with Crippen LogP contribution < -0.4 is 9.64 Å². The third-order valence-corrected chi connectivity index (χ3v) is 2.54. The molecule has 0 amide bonds. The summed E-state index contributed by atoms with van der Waals surface area (Å²) in [7, 11) is 3.46. The van der Waals surface area contributed by atoms with Crippen molar-refractivity contribution in [1.82, 2.24) is 4.98 Å². The Labute approximate surface area is 99.5 Å². The van der Waals surface area contributed by atoms with E-state index in [9.17, 15) is 4.39 Å². The van der Waals surface area contributed by atoms with Crippen LogP contribution >= 0.6 is 0 Å². The van der Waals surface area contributed by atoms with Gasteiger partial charge in [0.25, 0.3) is 0 Å². The van der Waals surface area contributed by atoms with Gasteiger partial charge in [0.2, 0.25) is 5.95 Å². The number of hydrogen-bond acceptors (Lipinski definition) is 3. The van der Waals surface area contributed by atoms with E-state index >= 15 is 0 Å². The molecular formula is C13H13FN2O.